The number of amides is 1. The molecule has 80 valence electrons. The van der Waals surface area contributed by atoms with Gasteiger partial charge in [0.15, 0.2) is 0 Å². The highest BCUT2D eigenvalue weighted by molar-refractivity contribution is 7.80. The molecule has 1 aromatic rings. The molecule has 0 fully saturated rings. The third-order valence-electron chi connectivity index (χ3n) is 1.73. The Hall–Kier alpha value is -1.13. The van der Waals surface area contributed by atoms with E-state index in [1.165, 1.54) is 0 Å². The Morgan fingerprint density at radius 1 is 1.60 bits per heavy atom. The van der Waals surface area contributed by atoms with Crippen molar-refractivity contribution < 1.29 is 4.79 Å². The summed E-state index contributed by atoms with van der Waals surface area (Å²) in [6, 6.07) is 5.39. The fourth-order valence-electron chi connectivity index (χ4n) is 1.09. The molecule has 3 nitrogen and oxygen atoms in total. The van der Waals surface area contributed by atoms with E-state index in [4.69, 9.17) is 17.3 Å². The van der Waals surface area contributed by atoms with Gasteiger partial charge in [-0.25, -0.2) is 0 Å². The third-order valence-corrected chi connectivity index (χ3v) is 2.20. The zero-order valence-electron chi connectivity index (χ0n) is 8.21. The Morgan fingerprint density at radius 3 is 2.87 bits per heavy atom. The van der Waals surface area contributed by atoms with Gasteiger partial charge in [-0.3, -0.25) is 4.79 Å². The van der Waals surface area contributed by atoms with E-state index >= 15 is 0 Å². The Kier molecular flexibility index (Phi) is 4.05. The number of halogens is 1. The molecule has 0 aromatic heterocycles. The van der Waals surface area contributed by atoms with Crippen molar-refractivity contribution in [3.63, 3.8) is 0 Å². The van der Waals surface area contributed by atoms with Crippen LogP contribution in [0, 0.1) is 6.92 Å². The molecule has 0 atom stereocenters. The molecule has 0 saturated carbocycles. The maximum absolute atomic E-state index is 11.3. The molecule has 0 spiro atoms. The number of benzene rings is 1. The Balaban J connectivity index is 2.76. The molecular formula is C10H11ClN2OS. The minimum Gasteiger partial charge on any atom is -0.393 e. The molecule has 0 saturated heterocycles. The number of rotatable bonds is 3. The first-order valence-electron chi connectivity index (χ1n) is 4.33. The molecule has 0 bridgehead atoms. The van der Waals surface area contributed by atoms with Crippen molar-refractivity contribution in [2.75, 3.05) is 5.32 Å². The summed E-state index contributed by atoms with van der Waals surface area (Å²) in [6.07, 6.45) is 0.0274. The zero-order chi connectivity index (χ0) is 11.4. The van der Waals surface area contributed by atoms with Crippen LogP contribution in [-0.4, -0.2) is 10.9 Å². The lowest BCUT2D eigenvalue weighted by Crippen LogP contribution is -2.20. The monoisotopic (exact) mass is 242 g/mol. The minimum absolute atomic E-state index is 0.0274. The van der Waals surface area contributed by atoms with Crippen LogP contribution in [0.4, 0.5) is 5.69 Å². The van der Waals surface area contributed by atoms with Crippen LogP contribution >= 0.6 is 23.8 Å². The van der Waals surface area contributed by atoms with E-state index in [1.54, 1.807) is 12.1 Å². The minimum atomic E-state index is -0.255. The maximum Gasteiger partial charge on any atom is 0.231 e. The van der Waals surface area contributed by atoms with Gasteiger partial charge < -0.3 is 11.1 Å². The maximum atomic E-state index is 11.3. The highest BCUT2D eigenvalue weighted by atomic mass is 35.5. The number of carbonyl (C=O) groups is 1. The largest absolute Gasteiger partial charge is 0.393 e. The first-order valence-corrected chi connectivity index (χ1v) is 5.12. The normalized spacial score (nSPS) is 9.73. The lowest BCUT2D eigenvalue weighted by atomic mass is 10.2. The third kappa shape index (κ3) is 3.85. The molecule has 1 aromatic carbocycles. The number of hydrogen-bond acceptors (Lipinski definition) is 2. The lowest BCUT2D eigenvalue weighted by molar-refractivity contribution is -0.115. The van der Waals surface area contributed by atoms with Crippen molar-refractivity contribution in [3.05, 3.63) is 28.8 Å². The van der Waals surface area contributed by atoms with Crippen LogP contribution in [0.5, 0.6) is 0 Å². The Bertz CT molecular complexity index is 406. The van der Waals surface area contributed by atoms with E-state index in [9.17, 15) is 4.79 Å². The molecule has 1 rings (SSSR count). The Labute approximate surface area is 98.6 Å². The van der Waals surface area contributed by atoms with E-state index in [1.807, 2.05) is 13.0 Å². The molecule has 5 heteroatoms. The summed E-state index contributed by atoms with van der Waals surface area (Å²) in [5, 5.41) is 3.14. The highest BCUT2D eigenvalue weighted by Crippen LogP contribution is 2.22. The first-order chi connectivity index (χ1) is 6.99. The van der Waals surface area contributed by atoms with Gasteiger partial charge in [-0.2, -0.15) is 0 Å². The molecule has 0 radical (unpaired) electrons. The van der Waals surface area contributed by atoms with Crippen molar-refractivity contribution in [3.8, 4) is 0 Å². The summed E-state index contributed by atoms with van der Waals surface area (Å²) in [5.41, 5.74) is 6.85. The number of thiocarbonyl (C=S) groups is 1. The molecule has 0 aliphatic heterocycles. The van der Waals surface area contributed by atoms with Crippen molar-refractivity contribution in [1.82, 2.24) is 0 Å². The summed E-state index contributed by atoms with van der Waals surface area (Å²) in [7, 11) is 0. The predicted octanol–water partition coefficient (Wildman–Crippen LogP) is 2.26. The quantitative estimate of drug-likeness (QED) is 0.800. The summed E-state index contributed by atoms with van der Waals surface area (Å²) in [6.45, 7) is 1.92. The second-order valence-corrected chi connectivity index (χ2v) is 4.11. The van der Waals surface area contributed by atoms with Gasteiger partial charge in [0.25, 0.3) is 0 Å². The average molecular weight is 243 g/mol. The molecule has 15 heavy (non-hydrogen) atoms. The second-order valence-electron chi connectivity index (χ2n) is 3.17. The van der Waals surface area contributed by atoms with E-state index in [0.717, 1.165) is 5.56 Å². The number of nitrogens with one attached hydrogen (secondary N) is 1. The Morgan fingerprint density at radius 2 is 2.27 bits per heavy atom. The van der Waals surface area contributed by atoms with Gasteiger partial charge in [0.1, 0.15) is 0 Å². The fourth-order valence-corrected chi connectivity index (χ4v) is 1.38. The van der Waals surface area contributed by atoms with Gasteiger partial charge in [-0.15, -0.1) is 0 Å². The van der Waals surface area contributed by atoms with Crippen molar-refractivity contribution in [1.29, 1.82) is 0 Å². The van der Waals surface area contributed by atoms with Gasteiger partial charge >= 0.3 is 0 Å². The number of anilines is 1. The number of carbonyl (C=O) groups excluding carboxylic acids is 1. The molecule has 0 heterocycles. The van der Waals surface area contributed by atoms with Crippen LogP contribution in [0.1, 0.15) is 12.0 Å². The lowest BCUT2D eigenvalue weighted by Gasteiger charge is -2.07. The van der Waals surface area contributed by atoms with E-state index in [0.29, 0.717) is 10.7 Å². The number of nitrogens with two attached hydrogens (primary N) is 1. The highest BCUT2D eigenvalue weighted by Gasteiger charge is 2.06. The topological polar surface area (TPSA) is 55.1 Å². The molecular weight excluding hydrogens is 232 g/mol. The summed E-state index contributed by atoms with van der Waals surface area (Å²) in [5.74, 6) is -0.255. The van der Waals surface area contributed by atoms with E-state index in [2.05, 4.69) is 17.5 Å². The van der Waals surface area contributed by atoms with Gasteiger partial charge in [0.2, 0.25) is 5.91 Å². The predicted molar refractivity (Wildman–Crippen MR) is 66.2 cm³/mol. The number of aryl methyl sites for hydroxylation is 1. The SMILES string of the molecule is Cc1ccc(Cl)c(NC(=O)CC(N)=S)c1. The average Bonchev–Trinajstić information content (AvgIpc) is 2.10. The van der Waals surface area contributed by atoms with Gasteiger partial charge in [0, 0.05) is 0 Å². The summed E-state index contributed by atoms with van der Waals surface area (Å²) in [4.78, 5) is 11.5. The van der Waals surface area contributed by atoms with Crippen molar-refractivity contribution in [2.45, 2.75) is 13.3 Å². The van der Waals surface area contributed by atoms with Crippen LogP contribution in [0.25, 0.3) is 0 Å². The fraction of sp³-hybridized carbons (Fsp3) is 0.200. The molecule has 1 amide bonds. The van der Waals surface area contributed by atoms with Crippen molar-refractivity contribution >= 4 is 40.4 Å². The molecule has 3 N–H and O–H groups in total. The van der Waals surface area contributed by atoms with E-state index in [-0.39, 0.29) is 17.3 Å². The van der Waals surface area contributed by atoms with Gasteiger partial charge in [0.05, 0.1) is 22.1 Å². The van der Waals surface area contributed by atoms with Crippen LogP contribution < -0.4 is 11.1 Å². The van der Waals surface area contributed by atoms with Crippen LogP contribution in [0.3, 0.4) is 0 Å². The van der Waals surface area contributed by atoms with Crippen LogP contribution in [0.15, 0.2) is 18.2 Å². The van der Waals surface area contributed by atoms with Gasteiger partial charge in [-0.1, -0.05) is 29.9 Å². The molecule has 0 aliphatic rings. The van der Waals surface area contributed by atoms with Gasteiger partial charge in [-0.05, 0) is 24.6 Å². The zero-order valence-corrected chi connectivity index (χ0v) is 9.78. The number of hydrogen-bond donors (Lipinski definition) is 2. The van der Waals surface area contributed by atoms with Crippen LogP contribution in [-0.2, 0) is 4.79 Å². The second kappa shape index (κ2) is 5.09. The first kappa shape index (κ1) is 11.9. The summed E-state index contributed by atoms with van der Waals surface area (Å²) < 4.78 is 0. The van der Waals surface area contributed by atoms with E-state index < -0.39 is 0 Å². The van der Waals surface area contributed by atoms with Crippen LogP contribution in [0.2, 0.25) is 5.02 Å². The molecule has 0 unspecified atom stereocenters. The molecule has 0 aliphatic carbocycles. The summed E-state index contributed by atoms with van der Waals surface area (Å²) >= 11 is 10.5. The van der Waals surface area contributed by atoms with Crippen molar-refractivity contribution in [2.24, 2.45) is 5.73 Å². The smallest absolute Gasteiger partial charge is 0.231 e. The standard InChI is InChI=1S/C10H11ClN2OS/c1-6-2-3-7(11)8(4-6)13-10(14)5-9(12)15/h2-4H,5H2,1H3,(H2,12,15)(H,13,14).